The van der Waals surface area contributed by atoms with Crippen LogP contribution in [-0.2, 0) is 14.8 Å². The van der Waals surface area contributed by atoms with E-state index in [0.29, 0.717) is 24.0 Å². The third-order valence-corrected chi connectivity index (χ3v) is 9.53. The summed E-state index contributed by atoms with van der Waals surface area (Å²) in [5.41, 5.74) is 1.00. The van der Waals surface area contributed by atoms with Gasteiger partial charge in [0.1, 0.15) is 4.90 Å². The number of nitrogens with one attached hydrogen (secondary N) is 1. The maximum absolute atomic E-state index is 13.3. The molecule has 6 rings (SSSR count). The smallest absolute Gasteiger partial charge is 0.291 e. The minimum absolute atomic E-state index is 0.103. The quantitative estimate of drug-likeness (QED) is 0.544. The highest BCUT2D eigenvalue weighted by molar-refractivity contribution is 7.89. The summed E-state index contributed by atoms with van der Waals surface area (Å²) in [6.45, 7) is 4.87. The number of anilines is 1. The molecule has 1 saturated carbocycles. The van der Waals surface area contributed by atoms with E-state index in [-0.39, 0.29) is 15.7 Å². The van der Waals surface area contributed by atoms with E-state index in [4.69, 9.17) is 4.74 Å². The predicted octanol–water partition coefficient (Wildman–Crippen LogP) is 3.09. The topological polar surface area (TPSA) is 102 Å². The summed E-state index contributed by atoms with van der Waals surface area (Å²) in [5, 5.41) is 7.26. The molecule has 0 aromatic carbocycles. The Balaban J connectivity index is 1.47. The van der Waals surface area contributed by atoms with Crippen LogP contribution in [0.15, 0.2) is 23.4 Å². The second-order valence-electron chi connectivity index (χ2n) is 9.60. The first-order valence-corrected chi connectivity index (χ1v) is 13.5. The number of imidazole rings is 1. The van der Waals surface area contributed by atoms with E-state index in [1.807, 2.05) is 6.92 Å². The van der Waals surface area contributed by atoms with Gasteiger partial charge in [-0.25, -0.2) is 26.9 Å². The van der Waals surface area contributed by atoms with Gasteiger partial charge in [0.25, 0.3) is 6.43 Å². The number of ether oxygens (including phenoxy) is 1. The van der Waals surface area contributed by atoms with Gasteiger partial charge in [0.2, 0.25) is 10.0 Å². The highest BCUT2D eigenvalue weighted by atomic mass is 32.2. The number of hydrogen-bond donors (Lipinski definition) is 1. The number of piperidine rings is 1. The van der Waals surface area contributed by atoms with Crippen molar-refractivity contribution in [3.05, 3.63) is 23.5 Å². The van der Waals surface area contributed by atoms with Crippen molar-refractivity contribution in [3.63, 3.8) is 0 Å². The van der Waals surface area contributed by atoms with Gasteiger partial charge in [-0.2, -0.15) is 0 Å². The monoisotopic (exact) mass is 510 g/mol. The fraction of sp³-hybridized carbons (Fsp3) is 0.571. The fourth-order valence-corrected chi connectivity index (χ4v) is 6.95. The number of rotatable bonds is 6. The third-order valence-electron chi connectivity index (χ3n) is 7.00. The molecule has 1 N–H and O–H groups in total. The number of hydrogen-bond acceptors (Lipinski definition) is 8. The summed E-state index contributed by atoms with van der Waals surface area (Å²) in [4.78, 5) is 6.71. The lowest BCUT2D eigenvalue weighted by Crippen LogP contribution is -2.40. The van der Waals surface area contributed by atoms with Crippen LogP contribution in [-0.4, -0.2) is 59.8 Å². The SMILES string of the molecule is CC1(NS(=O)(=O)c2cc(N3CC[C@@H]4COC[C@H]4C3)c3cnc(-c4nnc(C(F)F)s4)n3c2)CC1. The summed E-state index contributed by atoms with van der Waals surface area (Å²) in [5.74, 6) is 1.19. The molecule has 2 saturated heterocycles. The van der Waals surface area contributed by atoms with Gasteiger partial charge in [-0.15, -0.1) is 10.2 Å². The molecule has 0 bridgehead atoms. The Kier molecular flexibility index (Phi) is 5.17. The van der Waals surface area contributed by atoms with Crippen LogP contribution < -0.4 is 9.62 Å². The Morgan fingerprint density at radius 3 is 2.79 bits per heavy atom. The number of fused-ring (bicyclic) bond motifs is 2. The van der Waals surface area contributed by atoms with E-state index in [1.165, 1.54) is 6.20 Å². The second-order valence-corrected chi connectivity index (χ2v) is 12.3. The number of aromatic nitrogens is 4. The van der Waals surface area contributed by atoms with Crippen LogP contribution in [0, 0.1) is 11.8 Å². The van der Waals surface area contributed by atoms with Crippen LogP contribution in [0.3, 0.4) is 0 Å². The molecule has 3 aromatic rings. The van der Waals surface area contributed by atoms with E-state index >= 15 is 0 Å². The van der Waals surface area contributed by atoms with E-state index in [2.05, 4.69) is 24.8 Å². The Labute approximate surface area is 199 Å². The summed E-state index contributed by atoms with van der Waals surface area (Å²) in [7, 11) is -3.81. The molecule has 3 fully saturated rings. The zero-order chi connectivity index (χ0) is 23.7. The lowest BCUT2D eigenvalue weighted by molar-refractivity contribution is 0.150. The van der Waals surface area contributed by atoms with Gasteiger partial charge >= 0.3 is 0 Å². The molecular weight excluding hydrogens is 486 g/mol. The average Bonchev–Trinajstić information content (AvgIpc) is 3.25. The normalized spacial score (nSPS) is 24.2. The minimum atomic E-state index is -3.81. The van der Waals surface area contributed by atoms with Crippen LogP contribution in [0.1, 0.15) is 37.6 Å². The lowest BCUT2D eigenvalue weighted by Gasteiger charge is -2.36. The summed E-state index contributed by atoms with van der Waals surface area (Å²) >= 11 is 0.750. The second kappa shape index (κ2) is 7.90. The van der Waals surface area contributed by atoms with Crippen LogP contribution in [0.5, 0.6) is 0 Å². The molecule has 2 atom stereocenters. The van der Waals surface area contributed by atoms with Crippen LogP contribution in [0.2, 0.25) is 0 Å². The van der Waals surface area contributed by atoms with Crippen molar-refractivity contribution in [2.45, 2.75) is 43.0 Å². The molecule has 9 nitrogen and oxygen atoms in total. The van der Waals surface area contributed by atoms with Gasteiger partial charge in [0, 0.05) is 37.4 Å². The number of halogens is 2. The zero-order valence-electron chi connectivity index (χ0n) is 18.4. The molecule has 34 heavy (non-hydrogen) atoms. The maximum atomic E-state index is 13.3. The molecular formula is C21H24F2N6O3S2. The molecule has 5 heterocycles. The van der Waals surface area contributed by atoms with Gasteiger partial charge < -0.3 is 9.64 Å². The molecule has 0 unspecified atom stereocenters. The molecule has 182 valence electrons. The number of alkyl halides is 2. The molecule has 0 radical (unpaired) electrons. The molecule has 13 heteroatoms. The largest absolute Gasteiger partial charge is 0.381 e. The molecule has 1 aliphatic carbocycles. The van der Waals surface area contributed by atoms with Crippen LogP contribution in [0.4, 0.5) is 14.5 Å². The number of pyridine rings is 1. The Morgan fingerprint density at radius 2 is 2.06 bits per heavy atom. The predicted molar refractivity (Wildman–Crippen MR) is 122 cm³/mol. The first-order valence-electron chi connectivity index (χ1n) is 11.2. The van der Waals surface area contributed by atoms with Crippen LogP contribution >= 0.6 is 11.3 Å². The maximum Gasteiger partial charge on any atom is 0.291 e. The van der Waals surface area contributed by atoms with Gasteiger partial charge in [-0.3, -0.25) is 4.40 Å². The Morgan fingerprint density at radius 1 is 1.26 bits per heavy atom. The number of sulfonamides is 1. The van der Waals surface area contributed by atoms with Crippen molar-refractivity contribution in [1.29, 1.82) is 0 Å². The van der Waals surface area contributed by atoms with Gasteiger partial charge in [0.15, 0.2) is 15.8 Å². The van der Waals surface area contributed by atoms with Crippen molar-refractivity contribution in [2.24, 2.45) is 11.8 Å². The van der Waals surface area contributed by atoms with E-state index in [1.54, 1.807) is 16.7 Å². The first kappa shape index (κ1) is 22.3. The van der Waals surface area contributed by atoms with Crippen molar-refractivity contribution in [3.8, 4) is 10.8 Å². The molecule has 2 aliphatic heterocycles. The Hall–Kier alpha value is -2.22. The highest BCUT2D eigenvalue weighted by Crippen LogP contribution is 2.39. The highest BCUT2D eigenvalue weighted by Gasteiger charge is 2.42. The third kappa shape index (κ3) is 3.88. The summed E-state index contributed by atoms with van der Waals surface area (Å²) in [6.07, 6.45) is 2.92. The van der Waals surface area contributed by atoms with Crippen LogP contribution in [0.25, 0.3) is 16.3 Å². The number of nitrogens with zero attached hydrogens (tertiary/aromatic N) is 5. The van der Waals surface area contributed by atoms with Crippen molar-refractivity contribution < 1.29 is 21.9 Å². The summed E-state index contributed by atoms with van der Waals surface area (Å²) in [6, 6.07) is 1.69. The average molecular weight is 511 g/mol. The molecule has 0 amide bonds. The van der Waals surface area contributed by atoms with E-state index in [9.17, 15) is 17.2 Å². The minimum Gasteiger partial charge on any atom is -0.381 e. The van der Waals surface area contributed by atoms with Crippen molar-refractivity contribution in [1.82, 2.24) is 24.3 Å². The van der Waals surface area contributed by atoms with Gasteiger partial charge in [-0.05, 0) is 38.2 Å². The van der Waals surface area contributed by atoms with E-state index < -0.39 is 27.0 Å². The lowest BCUT2D eigenvalue weighted by atomic mass is 9.88. The molecule has 0 spiro atoms. The summed E-state index contributed by atoms with van der Waals surface area (Å²) < 4.78 is 62.9. The zero-order valence-corrected chi connectivity index (χ0v) is 20.1. The molecule has 3 aliphatic rings. The fourth-order valence-electron chi connectivity index (χ4n) is 4.78. The standard InChI is InChI=1S/C21H24F2N6O3S2/c1-21(3-4-21)27-34(30,31)14-6-15(28-5-2-12-10-32-11-13(12)8-28)16-7-24-18(29(16)9-14)20-26-25-19(33-20)17(22)23/h6-7,9,12-13,17,27H,2-5,8,10-11H2,1H3/t12-,13-/m1/s1. The Bertz CT molecular complexity index is 1350. The van der Waals surface area contributed by atoms with E-state index in [0.717, 1.165) is 56.0 Å². The first-order chi connectivity index (χ1) is 16.2. The molecule has 3 aromatic heterocycles. The van der Waals surface area contributed by atoms with Crippen molar-refractivity contribution in [2.75, 3.05) is 31.2 Å². The van der Waals surface area contributed by atoms with Gasteiger partial charge in [-0.1, -0.05) is 11.3 Å². The van der Waals surface area contributed by atoms with Crippen molar-refractivity contribution >= 4 is 32.6 Å². The van der Waals surface area contributed by atoms with Gasteiger partial charge in [0.05, 0.1) is 24.0 Å².